The second kappa shape index (κ2) is 6.18. The van der Waals surface area contributed by atoms with Crippen molar-refractivity contribution in [3.63, 3.8) is 0 Å². The smallest absolute Gasteiger partial charge is 0.161 e. The molecule has 0 atom stereocenters. The quantitative estimate of drug-likeness (QED) is 0.778. The van der Waals surface area contributed by atoms with Gasteiger partial charge in [0, 0.05) is 0 Å². The maximum Gasteiger partial charge on any atom is 0.161 e. The van der Waals surface area contributed by atoms with E-state index < -0.39 is 0 Å². The summed E-state index contributed by atoms with van der Waals surface area (Å²) in [6.07, 6.45) is 2.00. The van der Waals surface area contributed by atoms with E-state index >= 15 is 0 Å². The zero-order valence-electron chi connectivity index (χ0n) is 9.99. The summed E-state index contributed by atoms with van der Waals surface area (Å²) in [7, 11) is 1.59. The van der Waals surface area contributed by atoms with Crippen molar-refractivity contribution in [3.8, 4) is 11.5 Å². The Morgan fingerprint density at radius 2 is 2.06 bits per heavy atom. The van der Waals surface area contributed by atoms with Gasteiger partial charge in [-0.25, -0.2) is 0 Å². The Bertz CT molecular complexity index is 365. The van der Waals surface area contributed by atoms with E-state index in [1.807, 2.05) is 32.1 Å². The third-order valence-corrected chi connectivity index (χ3v) is 2.14. The molecule has 1 N–H and O–H groups in total. The van der Waals surface area contributed by atoms with Gasteiger partial charge >= 0.3 is 0 Å². The summed E-state index contributed by atoms with van der Waals surface area (Å²) >= 11 is 0. The molecule has 16 heavy (non-hydrogen) atoms. The Morgan fingerprint density at radius 1 is 1.31 bits per heavy atom. The molecule has 0 saturated carbocycles. The van der Waals surface area contributed by atoms with E-state index in [4.69, 9.17) is 14.6 Å². The number of aliphatic hydroxyl groups is 1. The highest BCUT2D eigenvalue weighted by Crippen LogP contribution is 2.28. The maximum absolute atomic E-state index is 8.99. The number of hydrogen-bond acceptors (Lipinski definition) is 3. The lowest BCUT2D eigenvalue weighted by Crippen LogP contribution is -1.98. The van der Waals surface area contributed by atoms with Crippen molar-refractivity contribution in [1.29, 1.82) is 0 Å². The van der Waals surface area contributed by atoms with Crippen LogP contribution in [-0.4, -0.2) is 18.8 Å². The van der Waals surface area contributed by atoms with Crippen LogP contribution in [-0.2, 0) is 6.61 Å². The Labute approximate surface area is 96.3 Å². The molecule has 0 heterocycles. The first-order chi connectivity index (χ1) is 7.67. The molecule has 0 aliphatic carbocycles. The molecule has 3 heteroatoms. The minimum Gasteiger partial charge on any atom is -0.493 e. The summed E-state index contributed by atoms with van der Waals surface area (Å²) in [5.41, 5.74) is 2.03. The Kier molecular flexibility index (Phi) is 4.86. The normalized spacial score (nSPS) is 9.75. The fourth-order valence-electron chi connectivity index (χ4n) is 1.23. The third-order valence-electron chi connectivity index (χ3n) is 2.14. The summed E-state index contributed by atoms with van der Waals surface area (Å²) in [5, 5.41) is 8.99. The first-order valence-electron chi connectivity index (χ1n) is 5.21. The molecule has 0 aliphatic heterocycles. The molecule has 0 saturated heterocycles. The molecule has 0 bridgehead atoms. The van der Waals surface area contributed by atoms with E-state index in [1.54, 1.807) is 13.2 Å². The van der Waals surface area contributed by atoms with Gasteiger partial charge in [-0.05, 0) is 37.6 Å². The number of methoxy groups -OCH3 is 1. The molecule has 0 spiro atoms. The van der Waals surface area contributed by atoms with Crippen molar-refractivity contribution in [3.05, 3.63) is 35.4 Å². The van der Waals surface area contributed by atoms with Crippen molar-refractivity contribution in [2.45, 2.75) is 20.5 Å². The van der Waals surface area contributed by atoms with Crippen molar-refractivity contribution < 1.29 is 14.6 Å². The molecule has 1 aromatic carbocycles. The van der Waals surface area contributed by atoms with Crippen LogP contribution < -0.4 is 9.47 Å². The second-order valence-electron chi connectivity index (χ2n) is 3.74. The zero-order valence-corrected chi connectivity index (χ0v) is 9.99. The SMILES string of the molecule is COc1cc(CO)ccc1OCC=C(C)C. The Balaban J connectivity index is 2.75. The average Bonchev–Trinajstić information content (AvgIpc) is 2.29. The van der Waals surface area contributed by atoms with E-state index in [-0.39, 0.29) is 6.61 Å². The van der Waals surface area contributed by atoms with E-state index in [1.165, 1.54) is 5.57 Å². The number of hydrogen-bond donors (Lipinski definition) is 1. The van der Waals surface area contributed by atoms with Crippen molar-refractivity contribution >= 4 is 0 Å². The molecule has 0 aliphatic rings. The van der Waals surface area contributed by atoms with Crippen molar-refractivity contribution in [2.75, 3.05) is 13.7 Å². The molecule has 1 aromatic rings. The fraction of sp³-hybridized carbons (Fsp3) is 0.385. The molecule has 0 fully saturated rings. The van der Waals surface area contributed by atoms with Crippen molar-refractivity contribution in [1.82, 2.24) is 0 Å². The highest BCUT2D eigenvalue weighted by atomic mass is 16.5. The van der Waals surface area contributed by atoms with Crippen LogP contribution in [0.25, 0.3) is 0 Å². The minimum absolute atomic E-state index is 0.00457. The summed E-state index contributed by atoms with van der Waals surface area (Å²) in [6, 6.07) is 5.40. The van der Waals surface area contributed by atoms with Gasteiger partial charge in [-0.15, -0.1) is 0 Å². The molecule has 0 unspecified atom stereocenters. The van der Waals surface area contributed by atoms with Crippen LogP contribution in [0.5, 0.6) is 11.5 Å². The van der Waals surface area contributed by atoms with Gasteiger partial charge in [-0.3, -0.25) is 0 Å². The Hall–Kier alpha value is -1.48. The fourth-order valence-corrected chi connectivity index (χ4v) is 1.23. The van der Waals surface area contributed by atoms with Crippen LogP contribution in [0.15, 0.2) is 29.8 Å². The molecule has 0 radical (unpaired) electrons. The molecule has 3 nitrogen and oxygen atoms in total. The van der Waals surface area contributed by atoms with Gasteiger partial charge in [-0.1, -0.05) is 11.6 Å². The van der Waals surface area contributed by atoms with Gasteiger partial charge in [0.05, 0.1) is 13.7 Å². The van der Waals surface area contributed by atoms with Gasteiger partial charge < -0.3 is 14.6 Å². The highest BCUT2D eigenvalue weighted by Gasteiger charge is 2.04. The number of rotatable bonds is 5. The molecular weight excluding hydrogens is 204 g/mol. The van der Waals surface area contributed by atoms with Gasteiger partial charge in [0.1, 0.15) is 6.61 Å². The van der Waals surface area contributed by atoms with Gasteiger partial charge in [-0.2, -0.15) is 0 Å². The first kappa shape index (κ1) is 12.6. The van der Waals surface area contributed by atoms with Crippen LogP contribution in [0.2, 0.25) is 0 Å². The molecule has 88 valence electrons. The number of aliphatic hydroxyl groups excluding tert-OH is 1. The third kappa shape index (κ3) is 3.59. The van der Waals surface area contributed by atoms with Crippen LogP contribution in [0.3, 0.4) is 0 Å². The molecule has 0 aromatic heterocycles. The van der Waals surface area contributed by atoms with Crippen LogP contribution >= 0.6 is 0 Å². The first-order valence-corrected chi connectivity index (χ1v) is 5.21. The van der Waals surface area contributed by atoms with Crippen LogP contribution in [0, 0.1) is 0 Å². The minimum atomic E-state index is 0.00457. The van der Waals surface area contributed by atoms with Gasteiger partial charge in [0.2, 0.25) is 0 Å². The number of allylic oxidation sites excluding steroid dienone is 1. The van der Waals surface area contributed by atoms with Crippen LogP contribution in [0.1, 0.15) is 19.4 Å². The monoisotopic (exact) mass is 222 g/mol. The summed E-state index contributed by atoms with van der Waals surface area (Å²) in [6.45, 7) is 4.58. The molecular formula is C13H18O3. The van der Waals surface area contributed by atoms with Gasteiger partial charge in [0.15, 0.2) is 11.5 Å². The Morgan fingerprint density at radius 3 is 2.62 bits per heavy atom. The van der Waals surface area contributed by atoms with Crippen molar-refractivity contribution in [2.24, 2.45) is 0 Å². The summed E-state index contributed by atoms with van der Waals surface area (Å²) in [4.78, 5) is 0. The average molecular weight is 222 g/mol. The number of ether oxygens (including phenoxy) is 2. The van der Waals surface area contributed by atoms with E-state index in [0.717, 1.165) is 5.56 Å². The van der Waals surface area contributed by atoms with Crippen LogP contribution in [0.4, 0.5) is 0 Å². The zero-order chi connectivity index (χ0) is 12.0. The lowest BCUT2D eigenvalue weighted by atomic mass is 10.2. The molecule has 1 rings (SSSR count). The van der Waals surface area contributed by atoms with Gasteiger partial charge in [0.25, 0.3) is 0 Å². The lowest BCUT2D eigenvalue weighted by Gasteiger charge is -2.10. The number of benzene rings is 1. The second-order valence-corrected chi connectivity index (χ2v) is 3.74. The summed E-state index contributed by atoms with van der Waals surface area (Å²) < 4.78 is 10.7. The largest absolute Gasteiger partial charge is 0.493 e. The predicted molar refractivity (Wildman–Crippen MR) is 63.8 cm³/mol. The van der Waals surface area contributed by atoms with E-state index in [9.17, 15) is 0 Å². The predicted octanol–water partition coefficient (Wildman–Crippen LogP) is 2.53. The maximum atomic E-state index is 8.99. The topological polar surface area (TPSA) is 38.7 Å². The highest BCUT2D eigenvalue weighted by molar-refractivity contribution is 5.42. The van der Waals surface area contributed by atoms with E-state index in [2.05, 4.69) is 0 Å². The summed E-state index contributed by atoms with van der Waals surface area (Å²) in [5.74, 6) is 1.34. The molecule has 0 amide bonds. The lowest BCUT2D eigenvalue weighted by molar-refractivity contribution is 0.279. The van der Waals surface area contributed by atoms with E-state index in [0.29, 0.717) is 18.1 Å². The standard InChI is InChI=1S/C13H18O3/c1-10(2)6-7-16-12-5-4-11(9-14)8-13(12)15-3/h4-6,8,14H,7,9H2,1-3H3.